The monoisotopic (exact) mass is 382 g/mol. The highest BCUT2D eigenvalue weighted by molar-refractivity contribution is 5.46. The number of fused-ring (bicyclic) bond motifs is 2. The van der Waals surface area contributed by atoms with Gasteiger partial charge in [-0.3, -0.25) is 0 Å². The fourth-order valence-electron chi connectivity index (χ4n) is 2.64. The average Bonchev–Trinajstić information content (AvgIpc) is 3.36. The van der Waals surface area contributed by atoms with Crippen LogP contribution in [0.5, 0.6) is 0 Å². The lowest BCUT2D eigenvalue weighted by molar-refractivity contribution is 0.751. The molecule has 0 saturated heterocycles. The first-order chi connectivity index (χ1) is 13.6. The van der Waals surface area contributed by atoms with Crippen LogP contribution < -0.4 is 0 Å². The summed E-state index contributed by atoms with van der Waals surface area (Å²) in [6.07, 6.45) is 6.77. The first-order valence-corrected chi connectivity index (χ1v) is 10.1. The van der Waals surface area contributed by atoms with Crippen molar-refractivity contribution in [3.63, 3.8) is 0 Å². The summed E-state index contributed by atoms with van der Waals surface area (Å²) in [6.45, 7) is 16.6. The van der Waals surface area contributed by atoms with Crippen molar-refractivity contribution in [2.45, 2.75) is 67.2 Å². The van der Waals surface area contributed by atoms with Crippen molar-refractivity contribution in [1.29, 1.82) is 0 Å². The van der Waals surface area contributed by atoms with E-state index in [0.29, 0.717) is 11.8 Å². The third-order valence-electron chi connectivity index (χ3n) is 3.89. The summed E-state index contributed by atoms with van der Waals surface area (Å²) in [5.74, 6) is 1.00. The molecule has 6 nitrogen and oxygen atoms in total. The lowest BCUT2D eigenvalue weighted by Crippen LogP contribution is -1.98. The topological polar surface area (TPSA) is 60.4 Å². The highest BCUT2D eigenvalue weighted by Gasteiger charge is 2.05. The van der Waals surface area contributed by atoms with Crippen molar-refractivity contribution in [3.8, 4) is 0 Å². The van der Waals surface area contributed by atoms with Gasteiger partial charge in [0.05, 0.1) is 23.4 Å². The lowest BCUT2D eigenvalue weighted by atomic mass is 10.1. The third kappa shape index (κ3) is 5.62. The Kier molecular flexibility index (Phi) is 9.85. The van der Waals surface area contributed by atoms with E-state index in [9.17, 15) is 0 Å². The Balaban J connectivity index is 0.000000238. The molecule has 0 aliphatic carbocycles. The number of rotatable bonds is 2. The standard InChI is InChI=1S/2C9H11N3.2C2H6/c2*1-7(2)9-4-3-8-5-10-6-11-12(8)9;2*1-2/h2*3-7H,1-2H3;2*1-2H3. The second kappa shape index (κ2) is 11.8. The van der Waals surface area contributed by atoms with E-state index in [-0.39, 0.29) is 0 Å². The van der Waals surface area contributed by atoms with Gasteiger partial charge in [0, 0.05) is 11.4 Å². The molecule has 0 aromatic carbocycles. The van der Waals surface area contributed by atoms with Gasteiger partial charge in [-0.1, -0.05) is 55.4 Å². The van der Waals surface area contributed by atoms with Gasteiger partial charge in [0.1, 0.15) is 12.7 Å². The maximum absolute atomic E-state index is 4.17. The van der Waals surface area contributed by atoms with Crippen LogP contribution in [0.15, 0.2) is 49.3 Å². The Morgan fingerprint density at radius 1 is 0.607 bits per heavy atom. The van der Waals surface area contributed by atoms with E-state index in [1.54, 1.807) is 12.7 Å². The summed E-state index contributed by atoms with van der Waals surface area (Å²) in [6, 6.07) is 8.26. The average molecular weight is 383 g/mol. The third-order valence-corrected chi connectivity index (χ3v) is 3.89. The first-order valence-electron chi connectivity index (χ1n) is 10.1. The van der Waals surface area contributed by atoms with Crippen molar-refractivity contribution in [2.24, 2.45) is 0 Å². The summed E-state index contributed by atoms with van der Waals surface area (Å²) in [7, 11) is 0. The lowest BCUT2D eigenvalue weighted by Gasteiger charge is -2.02. The molecule has 4 heterocycles. The zero-order valence-corrected chi connectivity index (χ0v) is 18.5. The fraction of sp³-hybridized carbons (Fsp3) is 0.455. The molecule has 0 aliphatic heterocycles. The van der Waals surface area contributed by atoms with Crippen LogP contribution >= 0.6 is 0 Å². The van der Waals surface area contributed by atoms with Gasteiger partial charge in [-0.05, 0) is 36.1 Å². The molecule has 4 rings (SSSR count). The molecular formula is C22H34N6. The Morgan fingerprint density at radius 3 is 1.29 bits per heavy atom. The predicted molar refractivity (Wildman–Crippen MR) is 117 cm³/mol. The van der Waals surface area contributed by atoms with Crippen LogP contribution in [0.4, 0.5) is 0 Å². The minimum atomic E-state index is 0.502. The molecule has 4 aromatic rings. The molecule has 0 atom stereocenters. The van der Waals surface area contributed by atoms with Crippen molar-refractivity contribution < 1.29 is 0 Å². The number of aromatic nitrogens is 6. The number of hydrogen-bond acceptors (Lipinski definition) is 4. The van der Waals surface area contributed by atoms with Gasteiger partial charge in [0.15, 0.2) is 0 Å². The van der Waals surface area contributed by atoms with Crippen molar-refractivity contribution in [2.75, 3.05) is 0 Å². The predicted octanol–water partition coefficient (Wildman–Crippen LogP) is 5.76. The van der Waals surface area contributed by atoms with Crippen LogP contribution in [0.1, 0.15) is 78.6 Å². The Morgan fingerprint density at radius 2 is 0.964 bits per heavy atom. The molecule has 0 unspecified atom stereocenters. The van der Waals surface area contributed by atoms with Crippen LogP contribution in [-0.2, 0) is 0 Å². The van der Waals surface area contributed by atoms with Gasteiger partial charge >= 0.3 is 0 Å². The molecule has 0 amide bonds. The fourth-order valence-corrected chi connectivity index (χ4v) is 2.64. The van der Waals surface area contributed by atoms with Gasteiger partial charge in [0.25, 0.3) is 0 Å². The Labute approximate surface area is 168 Å². The van der Waals surface area contributed by atoms with Crippen molar-refractivity contribution >= 4 is 11.0 Å². The van der Waals surface area contributed by atoms with Crippen LogP contribution in [0, 0.1) is 0 Å². The molecule has 0 aliphatic rings. The van der Waals surface area contributed by atoms with E-state index in [2.05, 4.69) is 60.0 Å². The number of hydrogen-bond donors (Lipinski definition) is 0. The van der Waals surface area contributed by atoms with Crippen molar-refractivity contribution in [3.05, 3.63) is 60.7 Å². The molecule has 28 heavy (non-hydrogen) atoms. The molecule has 6 heteroatoms. The summed E-state index contributed by atoms with van der Waals surface area (Å²) < 4.78 is 3.86. The summed E-state index contributed by atoms with van der Waals surface area (Å²) in [5, 5.41) is 8.34. The van der Waals surface area contributed by atoms with Gasteiger partial charge < -0.3 is 0 Å². The van der Waals surface area contributed by atoms with E-state index in [1.165, 1.54) is 11.4 Å². The highest BCUT2D eigenvalue weighted by Crippen LogP contribution is 2.16. The maximum atomic E-state index is 4.17. The van der Waals surface area contributed by atoms with E-state index in [1.807, 2.05) is 61.3 Å². The van der Waals surface area contributed by atoms with E-state index in [0.717, 1.165) is 11.0 Å². The smallest absolute Gasteiger partial charge is 0.136 e. The minimum absolute atomic E-state index is 0.502. The molecule has 0 radical (unpaired) electrons. The molecule has 0 spiro atoms. The molecule has 152 valence electrons. The minimum Gasteiger partial charge on any atom is -0.241 e. The molecule has 0 N–H and O–H groups in total. The Hall–Kier alpha value is -2.76. The first kappa shape index (κ1) is 23.3. The van der Waals surface area contributed by atoms with Gasteiger partial charge in [-0.15, -0.1) is 0 Å². The van der Waals surface area contributed by atoms with Crippen LogP contribution in [0.2, 0.25) is 0 Å². The van der Waals surface area contributed by atoms with Crippen LogP contribution in [0.25, 0.3) is 11.0 Å². The second-order valence-electron chi connectivity index (χ2n) is 6.32. The van der Waals surface area contributed by atoms with Crippen LogP contribution in [-0.4, -0.2) is 29.2 Å². The quantitative estimate of drug-likeness (QED) is 0.442. The summed E-state index contributed by atoms with van der Waals surface area (Å²) in [5.41, 5.74) is 4.57. The van der Waals surface area contributed by atoms with E-state index >= 15 is 0 Å². The molecule has 4 aromatic heterocycles. The largest absolute Gasteiger partial charge is 0.241 e. The SMILES string of the molecule is CC.CC.CC(C)c1ccc2cncnn12.CC(C)c1ccc2cncnn12. The highest BCUT2D eigenvalue weighted by atomic mass is 15.2. The normalized spacial score (nSPS) is 10.1. The summed E-state index contributed by atoms with van der Waals surface area (Å²) >= 11 is 0. The Bertz CT molecular complexity index is 858. The van der Waals surface area contributed by atoms with E-state index in [4.69, 9.17) is 0 Å². The van der Waals surface area contributed by atoms with E-state index < -0.39 is 0 Å². The van der Waals surface area contributed by atoms with Gasteiger partial charge in [-0.2, -0.15) is 10.2 Å². The summed E-state index contributed by atoms with van der Waals surface area (Å²) in [4.78, 5) is 7.91. The van der Waals surface area contributed by atoms with Crippen LogP contribution in [0.3, 0.4) is 0 Å². The maximum Gasteiger partial charge on any atom is 0.136 e. The molecule has 0 fully saturated rings. The molecule has 0 bridgehead atoms. The molecule has 0 saturated carbocycles. The second-order valence-corrected chi connectivity index (χ2v) is 6.32. The van der Waals surface area contributed by atoms with Gasteiger partial charge in [-0.25, -0.2) is 19.0 Å². The van der Waals surface area contributed by atoms with Crippen molar-refractivity contribution in [1.82, 2.24) is 29.2 Å². The number of nitrogens with zero attached hydrogens (tertiary/aromatic N) is 6. The zero-order valence-electron chi connectivity index (χ0n) is 18.5. The van der Waals surface area contributed by atoms with Gasteiger partial charge in [0.2, 0.25) is 0 Å². The zero-order chi connectivity index (χ0) is 21.1. The molecular weight excluding hydrogens is 348 g/mol.